The van der Waals surface area contributed by atoms with Gasteiger partial charge in [0.25, 0.3) is 0 Å². The van der Waals surface area contributed by atoms with Crippen molar-refractivity contribution in [3.05, 3.63) is 17.5 Å². The summed E-state index contributed by atoms with van der Waals surface area (Å²) < 4.78 is 0. The van der Waals surface area contributed by atoms with E-state index in [-0.39, 0.29) is 11.8 Å². The van der Waals surface area contributed by atoms with Crippen LogP contribution >= 0.6 is 11.6 Å². The predicted molar refractivity (Wildman–Crippen MR) is 56.8 cm³/mol. The van der Waals surface area contributed by atoms with Crippen LogP contribution in [0.2, 0.25) is 5.15 Å². The smallest absolute Gasteiger partial charge is 0.226 e. The number of nitrogens with one attached hydrogen (secondary N) is 1. The summed E-state index contributed by atoms with van der Waals surface area (Å²) in [6.45, 7) is 1.38. The Balaban J connectivity index is 1.97. The van der Waals surface area contributed by atoms with Crippen molar-refractivity contribution >= 4 is 23.3 Å². The SMILES string of the molecule is CNC(=O)C1CN(c2cc(Cl)ncn2)C1. The van der Waals surface area contributed by atoms with Gasteiger partial charge in [-0.2, -0.15) is 0 Å². The molecular weight excluding hydrogens is 216 g/mol. The Hall–Kier alpha value is -1.36. The molecule has 0 aromatic carbocycles. The molecule has 0 radical (unpaired) electrons. The summed E-state index contributed by atoms with van der Waals surface area (Å²) in [7, 11) is 1.65. The van der Waals surface area contributed by atoms with Gasteiger partial charge in [-0.1, -0.05) is 11.6 Å². The summed E-state index contributed by atoms with van der Waals surface area (Å²) in [5.74, 6) is 0.908. The third-order valence-corrected chi connectivity index (χ3v) is 2.65. The molecular formula is C9H11ClN4O. The molecule has 80 valence electrons. The Morgan fingerprint density at radius 3 is 2.93 bits per heavy atom. The van der Waals surface area contributed by atoms with Crippen molar-refractivity contribution in [2.24, 2.45) is 5.92 Å². The second kappa shape index (κ2) is 4.02. The van der Waals surface area contributed by atoms with Crippen molar-refractivity contribution in [2.75, 3.05) is 25.0 Å². The highest BCUT2D eigenvalue weighted by atomic mass is 35.5. The molecule has 1 aliphatic heterocycles. The van der Waals surface area contributed by atoms with E-state index in [4.69, 9.17) is 11.6 Å². The van der Waals surface area contributed by atoms with Crippen LogP contribution in [0.1, 0.15) is 0 Å². The molecule has 1 aromatic heterocycles. The highest BCUT2D eigenvalue weighted by Gasteiger charge is 2.32. The minimum Gasteiger partial charge on any atom is -0.359 e. The highest BCUT2D eigenvalue weighted by Crippen LogP contribution is 2.23. The van der Waals surface area contributed by atoms with Crippen LogP contribution in [0.15, 0.2) is 12.4 Å². The quantitative estimate of drug-likeness (QED) is 0.738. The lowest BCUT2D eigenvalue weighted by Gasteiger charge is -2.38. The minimum atomic E-state index is 0.0590. The van der Waals surface area contributed by atoms with Gasteiger partial charge in [0.2, 0.25) is 5.91 Å². The highest BCUT2D eigenvalue weighted by molar-refractivity contribution is 6.29. The standard InChI is InChI=1S/C9H11ClN4O/c1-11-9(15)6-3-14(4-6)8-2-7(10)12-5-13-8/h2,5-6H,3-4H2,1H3,(H,11,15). The van der Waals surface area contributed by atoms with Crippen molar-refractivity contribution in [3.8, 4) is 0 Å². The lowest BCUT2D eigenvalue weighted by Crippen LogP contribution is -2.53. The fourth-order valence-electron chi connectivity index (χ4n) is 1.53. The zero-order valence-electron chi connectivity index (χ0n) is 8.27. The van der Waals surface area contributed by atoms with Crippen molar-refractivity contribution in [1.82, 2.24) is 15.3 Å². The van der Waals surface area contributed by atoms with Crippen LogP contribution in [0.25, 0.3) is 0 Å². The molecule has 0 saturated carbocycles. The molecule has 5 nitrogen and oxygen atoms in total. The average molecular weight is 227 g/mol. The third-order valence-electron chi connectivity index (χ3n) is 2.44. The second-order valence-electron chi connectivity index (χ2n) is 3.42. The second-order valence-corrected chi connectivity index (χ2v) is 3.80. The first kappa shape index (κ1) is 10.2. The molecule has 1 saturated heterocycles. The van der Waals surface area contributed by atoms with E-state index in [1.807, 2.05) is 4.90 Å². The Kier molecular flexibility index (Phi) is 2.73. The number of anilines is 1. The average Bonchev–Trinajstić information content (AvgIpc) is 2.15. The van der Waals surface area contributed by atoms with Crippen molar-refractivity contribution in [2.45, 2.75) is 0 Å². The maximum Gasteiger partial charge on any atom is 0.226 e. The van der Waals surface area contributed by atoms with Crippen LogP contribution in [-0.2, 0) is 4.79 Å². The molecule has 1 amide bonds. The number of nitrogens with zero attached hydrogens (tertiary/aromatic N) is 3. The van der Waals surface area contributed by atoms with Gasteiger partial charge in [-0.3, -0.25) is 4.79 Å². The molecule has 0 unspecified atom stereocenters. The lowest BCUT2D eigenvalue weighted by molar-refractivity contribution is -0.125. The molecule has 1 aliphatic rings. The normalized spacial score (nSPS) is 16.0. The minimum absolute atomic E-state index is 0.0590. The molecule has 0 atom stereocenters. The molecule has 0 spiro atoms. The van der Waals surface area contributed by atoms with E-state index < -0.39 is 0 Å². The summed E-state index contributed by atoms with van der Waals surface area (Å²) in [6.07, 6.45) is 1.42. The first-order valence-electron chi connectivity index (χ1n) is 4.65. The van der Waals surface area contributed by atoms with Crippen LogP contribution in [0.4, 0.5) is 5.82 Å². The third kappa shape index (κ3) is 2.02. The molecule has 1 N–H and O–H groups in total. The number of carbonyl (C=O) groups excluding carboxylic acids is 1. The molecule has 15 heavy (non-hydrogen) atoms. The van der Waals surface area contributed by atoms with Crippen molar-refractivity contribution in [3.63, 3.8) is 0 Å². The maximum absolute atomic E-state index is 11.2. The van der Waals surface area contributed by atoms with Crippen LogP contribution in [0.5, 0.6) is 0 Å². The number of amides is 1. The Bertz CT molecular complexity index is 378. The van der Waals surface area contributed by atoms with Crippen LogP contribution in [0.3, 0.4) is 0 Å². The van der Waals surface area contributed by atoms with Gasteiger partial charge in [0, 0.05) is 26.2 Å². The molecule has 0 bridgehead atoms. The van der Waals surface area contributed by atoms with E-state index >= 15 is 0 Å². The summed E-state index contributed by atoms with van der Waals surface area (Å²) in [5, 5.41) is 3.05. The molecule has 2 rings (SSSR count). The van der Waals surface area contributed by atoms with Gasteiger partial charge >= 0.3 is 0 Å². The van der Waals surface area contributed by atoms with E-state index in [9.17, 15) is 4.79 Å². The lowest BCUT2D eigenvalue weighted by atomic mass is 9.99. The molecule has 1 fully saturated rings. The van der Waals surface area contributed by atoms with E-state index in [0.717, 1.165) is 5.82 Å². The molecule has 6 heteroatoms. The topological polar surface area (TPSA) is 58.1 Å². The zero-order chi connectivity index (χ0) is 10.8. The number of carbonyl (C=O) groups is 1. The summed E-state index contributed by atoms with van der Waals surface area (Å²) in [5.41, 5.74) is 0. The van der Waals surface area contributed by atoms with Crippen LogP contribution in [-0.4, -0.2) is 36.0 Å². The summed E-state index contributed by atoms with van der Waals surface area (Å²) in [6, 6.07) is 1.70. The van der Waals surface area contributed by atoms with E-state index in [0.29, 0.717) is 18.2 Å². The van der Waals surface area contributed by atoms with E-state index in [2.05, 4.69) is 15.3 Å². The van der Waals surface area contributed by atoms with Crippen LogP contribution in [0, 0.1) is 5.92 Å². The number of halogens is 1. The summed E-state index contributed by atoms with van der Waals surface area (Å²) in [4.78, 5) is 21.1. The Morgan fingerprint density at radius 1 is 1.60 bits per heavy atom. The first-order valence-corrected chi connectivity index (χ1v) is 5.02. The molecule has 1 aromatic rings. The van der Waals surface area contributed by atoms with Gasteiger partial charge < -0.3 is 10.2 Å². The number of aromatic nitrogens is 2. The van der Waals surface area contributed by atoms with Gasteiger partial charge in [-0.15, -0.1) is 0 Å². The van der Waals surface area contributed by atoms with Gasteiger partial charge in [0.1, 0.15) is 17.3 Å². The van der Waals surface area contributed by atoms with E-state index in [1.165, 1.54) is 6.33 Å². The Labute approximate surface area is 92.5 Å². The van der Waals surface area contributed by atoms with E-state index in [1.54, 1.807) is 13.1 Å². The van der Waals surface area contributed by atoms with Crippen molar-refractivity contribution in [1.29, 1.82) is 0 Å². The van der Waals surface area contributed by atoms with Crippen LogP contribution < -0.4 is 10.2 Å². The fourth-order valence-corrected chi connectivity index (χ4v) is 1.67. The van der Waals surface area contributed by atoms with Gasteiger partial charge in [-0.25, -0.2) is 9.97 Å². The summed E-state index contributed by atoms with van der Waals surface area (Å²) >= 11 is 5.74. The largest absolute Gasteiger partial charge is 0.359 e. The number of hydrogen-bond acceptors (Lipinski definition) is 4. The monoisotopic (exact) mass is 226 g/mol. The van der Waals surface area contributed by atoms with Gasteiger partial charge in [0.15, 0.2) is 0 Å². The molecule has 2 heterocycles. The number of rotatable bonds is 2. The van der Waals surface area contributed by atoms with Gasteiger partial charge in [0.05, 0.1) is 5.92 Å². The number of hydrogen-bond donors (Lipinski definition) is 1. The van der Waals surface area contributed by atoms with Crippen molar-refractivity contribution < 1.29 is 4.79 Å². The first-order chi connectivity index (χ1) is 7.20. The van der Waals surface area contributed by atoms with Gasteiger partial charge in [-0.05, 0) is 0 Å². The molecule has 0 aliphatic carbocycles. The predicted octanol–water partition coefficient (Wildman–Crippen LogP) is 0.312. The zero-order valence-corrected chi connectivity index (χ0v) is 9.03. The Morgan fingerprint density at radius 2 is 2.33 bits per heavy atom. The fraction of sp³-hybridized carbons (Fsp3) is 0.444. The maximum atomic E-state index is 11.2.